The molecule has 5 nitrogen and oxygen atoms in total. The Morgan fingerprint density at radius 1 is 0.844 bits per heavy atom. The van der Waals surface area contributed by atoms with Crippen LogP contribution in [0.1, 0.15) is 40.2 Å². The van der Waals surface area contributed by atoms with Crippen LogP contribution in [0, 0.1) is 20.8 Å². The van der Waals surface area contributed by atoms with E-state index in [9.17, 15) is 4.79 Å². The van der Waals surface area contributed by atoms with Gasteiger partial charge in [-0.25, -0.2) is 0 Å². The number of nitrogens with one attached hydrogen (secondary N) is 1. The molecule has 5 rings (SSSR count). The second kappa shape index (κ2) is 8.60. The van der Waals surface area contributed by atoms with Crippen molar-refractivity contribution in [2.45, 2.75) is 33.6 Å². The fourth-order valence-corrected chi connectivity index (χ4v) is 4.69. The lowest BCUT2D eigenvalue weighted by atomic mass is 10.0. The number of aromatic amines is 1. The molecule has 5 heteroatoms. The van der Waals surface area contributed by atoms with Crippen molar-refractivity contribution in [3.8, 4) is 22.4 Å². The minimum absolute atomic E-state index is 0. The third-order valence-corrected chi connectivity index (χ3v) is 6.29. The Morgan fingerprint density at radius 3 is 2.12 bits per heavy atom. The highest BCUT2D eigenvalue weighted by atomic mass is 16.2. The second-order valence-corrected chi connectivity index (χ2v) is 8.60. The maximum Gasteiger partial charge on any atom is 0.253 e. The molecule has 32 heavy (non-hydrogen) atoms. The molecule has 1 fully saturated rings. The van der Waals surface area contributed by atoms with E-state index in [1.165, 1.54) is 16.5 Å². The molecule has 0 unspecified atom stereocenters. The first-order valence-corrected chi connectivity index (χ1v) is 11.0. The Kier molecular flexibility index (Phi) is 5.85. The lowest BCUT2D eigenvalue weighted by Gasteiger charge is -2.15. The maximum absolute atomic E-state index is 12.6. The van der Waals surface area contributed by atoms with E-state index in [0.29, 0.717) is 0 Å². The number of hydrogen-bond acceptors (Lipinski definition) is 3. The Bertz CT molecular complexity index is 1260. The van der Waals surface area contributed by atoms with Gasteiger partial charge in [-0.15, -0.1) is 0 Å². The van der Waals surface area contributed by atoms with Crippen LogP contribution in [0.5, 0.6) is 0 Å². The van der Waals surface area contributed by atoms with Gasteiger partial charge in [0.15, 0.2) is 0 Å². The van der Waals surface area contributed by atoms with Crippen LogP contribution in [0.25, 0.3) is 33.3 Å². The summed E-state index contributed by atoms with van der Waals surface area (Å²) in [4.78, 5) is 22.7. The third-order valence-electron chi connectivity index (χ3n) is 6.29. The summed E-state index contributed by atoms with van der Waals surface area (Å²) in [6.45, 7) is 7.98. The van der Waals surface area contributed by atoms with E-state index in [1.54, 1.807) is 0 Å². The predicted octanol–water partition coefficient (Wildman–Crippen LogP) is 6.22. The van der Waals surface area contributed by atoms with Gasteiger partial charge < -0.3 is 16.0 Å². The Morgan fingerprint density at radius 2 is 1.47 bits per heavy atom. The molecule has 1 amide bonds. The van der Waals surface area contributed by atoms with Gasteiger partial charge in [-0.3, -0.25) is 9.78 Å². The molecule has 0 atom stereocenters. The van der Waals surface area contributed by atoms with Gasteiger partial charge in [0.25, 0.3) is 5.91 Å². The number of aromatic nitrogens is 2. The van der Waals surface area contributed by atoms with Crippen LogP contribution in [0.15, 0.2) is 54.6 Å². The number of hydrogen-bond donors (Lipinski definition) is 2. The van der Waals surface area contributed by atoms with E-state index in [1.807, 2.05) is 30.9 Å². The van der Waals surface area contributed by atoms with Crippen molar-refractivity contribution in [2.24, 2.45) is 0 Å². The normalized spacial score (nSPS) is 13.4. The molecule has 0 bridgehead atoms. The van der Waals surface area contributed by atoms with Gasteiger partial charge in [0.1, 0.15) is 0 Å². The molecule has 0 saturated carbocycles. The van der Waals surface area contributed by atoms with Crippen molar-refractivity contribution in [1.29, 1.82) is 0 Å². The van der Waals surface area contributed by atoms with Crippen molar-refractivity contribution in [3.63, 3.8) is 0 Å². The average molecular weight is 427 g/mol. The van der Waals surface area contributed by atoms with E-state index in [4.69, 9.17) is 0 Å². The van der Waals surface area contributed by atoms with Gasteiger partial charge in [-0.05, 0) is 80.6 Å². The molecule has 1 aliphatic heterocycles. The summed E-state index contributed by atoms with van der Waals surface area (Å²) in [7, 11) is 0. The van der Waals surface area contributed by atoms with Crippen molar-refractivity contribution >= 4 is 16.8 Å². The van der Waals surface area contributed by atoms with Crippen molar-refractivity contribution in [3.05, 3.63) is 77.1 Å². The number of pyridine rings is 1. The molecule has 4 aromatic rings. The fourth-order valence-electron chi connectivity index (χ4n) is 4.69. The van der Waals surface area contributed by atoms with Crippen LogP contribution < -0.4 is 6.15 Å². The smallest absolute Gasteiger partial charge is 0.253 e. The Hall–Kier alpha value is -3.44. The van der Waals surface area contributed by atoms with Crippen LogP contribution in [0.3, 0.4) is 0 Å². The monoisotopic (exact) mass is 426 g/mol. The molecule has 2 aromatic carbocycles. The van der Waals surface area contributed by atoms with E-state index in [2.05, 4.69) is 59.4 Å². The van der Waals surface area contributed by atoms with Crippen molar-refractivity contribution in [1.82, 2.24) is 21.0 Å². The minimum atomic E-state index is 0. The molecule has 1 saturated heterocycles. The highest BCUT2D eigenvalue weighted by Crippen LogP contribution is 2.33. The molecule has 3 heterocycles. The molecule has 2 aromatic heterocycles. The first-order chi connectivity index (χ1) is 15.0. The number of fused-ring (bicyclic) bond motifs is 1. The van der Waals surface area contributed by atoms with Gasteiger partial charge in [0.05, 0.1) is 0 Å². The molecule has 4 N–H and O–H groups in total. The maximum atomic E-state index is 12.6. The first kappa shape index (κ1) is 21.8. The first-order valence-electron chi connectivity index (χ1n) is 11.0. The highest BCUT2D eigenvalue weighted by molar-refractivity contribution is 5.96. The van der Waals surface area contributed by atoms with E-state index in [0.717, 1.165) is 65.2 Å². The van der Waals surface area contributed by atoms with Gasteiger partial charge in [0.2, 0.25) is 0 Å². The van der Waals surface area contributed by atoms with E-state index < -0.39 is 0 Å². The Labute approximate surface area is 189 Å². The van der Waals surface area contributed by atoms with Gasteiger partial charge in [0, 0.05) is 52.2 Å². The van der Waals surface area contributed by atoms with Gasteiger partial charge >= 0.3 is 0 Å². The van der Waals surface area contributed by atoms with Gasteiger partial charge in [-0.2, -0.15) is 0 Å². The van der Waals surface area contributed by atoms with Crippen molar-refractivity contribution in [2.75, 3.05) is 13.1 Å². The lowest BCUT2D eigenvalue weighted by Crippen LogP contribution is -2.27. The number of rotatable bonds is 3. The number of likely N-dealkylation sites (tertiary alicyclic amines) is 1. The fraction of sp³-hybridized carbons (Fsp3) is 0.259. The topological polar surface area (TPSA) is 84.0 Å². The number of amides is 1. The zero-order valence-electron chi connectivity index (χ0n) is 19.0. The number of nitrogens with zero attached hydrogens (tertiary/aromatic N) is 2. The average Bonchev–Trinajstić information content (AvgIpc) is 3.41. The van der Waals surface area contributed by atoms with E-state index in [-0.39, 0.29) is 12.1 Å². The summed E-state index contributed by atoms with van der Waals surface area (Å²) in [5.41, 5.74) is 9.76. The largest absolute Gasteiger partial charge is 0.354 e. The molecule has 0 spiro atoms. The van der Waals surface area contributed by atoms with Crippen LogP contribution >= 0.6 is 0 Å². The summed E-state index contributed by atoms with van der Waals surface area (Å²) in [5.74, 6) is 0.145. The van der Waals surface area contributed by atoms with E-state index >= 15 is 0 Å². The summed E-state index contributed by atoms with van der Waals surface area (Å²) >= 11 is 0. The summed E-state index contributed by atoms with van der Waals surface area (Å²) in [5, 5.41) is 1.23. The second-order valence-electron chi connectivity index (χ2n) is 8.60. The number of H-pyrrole nitrogens is 1. The molecule has 0 radical (unpaired) electrons. The quantitative estimate of drug-likeness (QED) is 0.408. The summed E-state index contributed by atoms with van der Waals surface area (Å²) in [6, 6.07) is 18.8. The van der Waals surface area contributed by atoms with Crippen LogP contribution in [0.2, 0.25) is 0 Å². The number of aryl methyl sites for hydroxylation is 3. The SMILES string of the molecule is Cc1cc(-c2[nH]c3cc(-c4ccc(C(=O)N5CCCC5)cc4)ccc3c2C)cc(C)n1.N. The summed E-state index contributed by atoms with van der Waals surface area (Å²) in [6.07, 6.45) is 2.22. The molecular weight excluding hydrogens is 396 g/mol. The van der Waals surface area contributed by atoms with Crippen LogP contribution in [0.4, 0.5) is 0 Å². The lowest BCUT2D eigenvalue weighted by molar-refractivity contribution is 0.0793. The summed E-state index contributed by atoms with van der Waals surface area (Å²) < 4.78 is 0. The minimum Gasteiger partial charge on any atom is -0.354 e. The molecular formula is C27H30N4O. The standard InChI is InChI=1S/C27H27N3O.H3N/c1-17-14-23(15-18(2)28-17)26-19(3)24-11-10-22(16-25(24)29-26)20-6-8-21(9-7-20)27(31)30-12-4-5-13-30;/h6-11,14-16,29H,4-5,12-13H2,1-3H3;1H3. The molecule has 0 aliphatic carbocycles. The zero-order chi connectivity index (χ0) is 21.5. The number of carbonyl (C=O) groups is 1. The highest BCUT2D eigenvalue weighted by Gasteiger charge is 2.19. The third kappa shape index (κ3) is 3.92. The predicted molar refractivity (Wildman–Crippen MR) is 131 cm³/mol. The van der Waals surface area contributed by atoms with Gasteiger partial charge in [-0.1, -0.05) is 24.3 Å². The van der Waals surface area contributed by atoms with Crippen LogP contribution in [-0.2, 0) is 0 Å². The molecule has 1 aliphatic rings. The number of benzene rings is 2. The van der Waals surface area contributed by atoms with Crippen molar-refractivity contribution < 1.29 is 4.79 Å². The number of carbonyl (C=O) groups excluding carboxylic acids is 1. The zero-order valence-corrected chi connectivity index (χ0v) is 19.0. The molecule has 164 valence electrons. The Balaban J connectivity index is 0.00000245. The van der Waals surface area contributed by atoms with Crippen LogP contribution in [-0.4, -0.2) is 33.9 Å².